The van der Waals surface area contributed by atoms with Crippen LogP contribution < -0.4 is 9.46 Å². The number of Topliss-reactive ketones (excluding diaryl/α,β-unsaturated/α-hetero) is 1. The van der Waals surface area contributed by atoms with E-state index in [0.29, 0.717) is 16.9 Å². The highest BCUT2D eigenvalue weighted by Crippen LogP contribution is 2.22. The van der Waals surface area contributed by atoms with Gasteiger partial charge >= 0.3 is 5.97 Å². The number of hydrogen-bond acceptors (Lipinski definition) is 7. The molecule has 0 bridgehead atoms. The second-order valence-electron chi connectivity index (χ2n) is 6.61. The summed E-state index contributed by atoms with van der Waals surface area (Å²) < 4.78 is 34.9. The summed E-state index contributed by atoms with van der Waals surface area (Å²) in [5.74, 6) is -0.151. The largest absolute Gasteiger partial charge is 0.497 e. The maximum atomic E-state index is 12.3. The number of fused-ring (bicyclic) bond motifs is 1. The van der Waals surface area contributed by atoms with Crippen LogP contribution in [0.25, 0.3) is 10.8 Å². The quantitative estimate of drug-likeness (QED) is 0.400. The van der Waals surface area contributed by atoms with E-state index in [9.17, 15) is 18.0 Å². The summed E-state index contributed by atoms with van der Waals surface area (Å²) in [5, 5.41) is 1.79. The highest BCUT2D eigenvalue weighted by molar-refractivity contribution is 7.88. The van der Waals surface area contributed by atoms with Gasteiger partial charge in [0.25, 0.3) is 0 Å². The van der Waals surface area contributed by atoms with Crippen LogP contribution in [0, 0.1) is 0 Å². The third-order valence-electron chi connectivity index (χ3n) is 4.29. The number of benzene rings is 2. The predicted molar refractivity (Wildman–Crippen MR) is 116 cm³/mol. The number of nitrogens with one attached hydrogen (secondary N) is 1. The van der Waals surface area contributed by atoms with Gasteiger partial charge in [0.05, 0.1) is 23.8 Å². The summed E-state index contributed by atoms with van der Waals surface area (Å²) in [4.78, 5) is 26.0. The van der Waals surface area contributed by atoms with Gasteiger partial charge in [0, 0.05) is 11.4 Å². The molecular formula is C21H21NO6S2. The Morgan fingerprint density at radius 3 is 2.50 bits per heavy atom. The van der Waals surface area contributed by atoms with E-state index in [1.54, 1.807) is 43.5 Å². The van der Waals surface area contributed by atoms with Gasteiger partial charge in [0.15, 0.2) is 6.61 Å². The van der Waals surface area contributed by atoms with Crippen LogP contribution in [0.15, 0.2) is 48.5 Å². The average Bonchev–Trinajstić information content (AvgIpc) is 3.19. The van der Waals surface area contributed by atoms with Crippen LogP contribution in [0.2, 0.25) is 0 Å². The van der Waals surface area contributed by atoms with Gasteiger partial charge in [0.2, 0.25) is 15.8 Å². The van der Waals surface area contributed by atoms with Crippen LogP contribution in [-0.2, 0) is 21.2 Å². The molecule has 2 aromatic carbocycles. The molecule has 0 aliphatic carbocycles. The molecular weight excluding hydrogens is 426 g/mol. The molecule has 3 rings (SSSR count). The number of hydrogen-bond donors (Lipinski definition) is 1. The first-order valence-electron chi connectivity index (χ1n) is 9.06. The van der Waals surface area contributed by atoms with Crippen LogP contribution in [0.1, 0.15) is 24.9 Å². The lowest BCUT2D eigenvalue weighted by Crippen LogP contribution is -2.24. The molecule has 0 aliphatic rings. The number of carbonyl (C=O) groups excluding carboxylic acids is 2. The molecule has 0 saturated carbocycles. The third kappa shape index (κ3) is 5.88. The van der Waals surface area contributed by atoms with Crippen molar-refractivity contribution < 1.29 is 27.5 Å². The minimum atomic E-state index is -3.24. The smallest absolute Gasteiger partial charge is 0.338 e. The molecule has 158 valence electrons. The summed E-state index contributed by atoms with van der Waals surface area (Å²) in [7, 11) is -1.65. The Labute approximate surface area is 178 Å². The van der Waals surface area contributed by atoms with Crippen LogP contribution in [0.4, 0.5) is 0 Å². The van der Waals surface area contributed by atoms with Crippen LogP contribution in [0.3, 0.4) is 0 Å². The van der Waals surface area contributed by atoms with E-state index < -0.39 is 16.0 Å². The van der Waals surface area contributed by atoms with Crippen molar-refractivity contribution >= 4 is 43.9 Å². The molecule has 1 aromatic heterocycles. The lowest BCUT2D eigenvalue weighted by molar-refractivity contribution is 0.0476. The van der Waals surface area contributed by atoms with E-state index in [-0.39, 0.29) is 18.9 Å². The van der Waals surface area contributed by atoms with E-state index in [1.807, 2.05) is 12.1 Å². The number of ether oxygens (including phenoxy) is 2. The van der Waals surface area contributed by atoms with Crippen molar-refractivity contribution in [3.8, 4) is 5.75 Å². The summed E-state index contributed by atoms with van der Waals surface area (Å²) in [5.41, 5.74) is 0.360. The summed E-state index contributed by atoms with van der Waals surface area (Å²) in [6, 6.07) is 14.1. The second-order valence-corrected chi connectivity index (χ2v) is 9.61. The fraction of sp³-hybridized carbons (Fsp3) is 0.238. The van der Waals surface area contributed by atoms with Gasteiger partial charge in [0.1, 0.15) is 5.75 Å². The van der Waals surface area contributed by atoms with Crippen molar-refractivity contribution in [2.45, 2.75) is 6.42 Å². The van der Waals surface area contributed by atoms with Crippen LogP contribution in [-0.4, -0.2) is 46.7 Å². The predicted octanol–water partition coefficient (Wildman–Crippen LogP) is 3.04. The number of methoxy groups -OCH3 is 1. The van der Waals surface area contributed by atoms with E-state index in [2.05, 4.69) is 4.72 Å². The minimum absolute atomic E-state index is 0.260. The topological polar surface area (TPSA) is 98.8 Å². The van der Waals surface area contributed by atoms with Gasteiger partial charge in [-0.2, -0.15) is 0 Å². The van der Waals surface area contributed by atoms with Crippen molar-refractivity contribution in [3.63, 3.8) is 0 Å². The van der Waals surface area contributed by atoms with Gasteiger partial charge in [-0.25, -0.2) is 17.9 Å². The minimum Gasteiger partial charge on any atom is -0.497 e. The highest BCUT2D eigenvalue weighted by Gasteiger charge is 2.14. The van der Waals surface area contributed by atoms with E-state index in [4.69, 9.17) is 9.47 Å². The maximum absolute atomic E-state index is 12.3. The number of esters is 1. The number of rotatable bonds is 9. The molecule has 30 heavy (non-hydrogen) atoms. The summed E-state index contributed by atoms with van der Waals surface area (Å²) in [6.07, 6.45) is 1.57. The van der Waals surface area contributed by atoms with Crippen LogP contribution in [0.5, 0.6) is 5.75 Å². The van der Waals surface area contributed by atoms with Crippen molar-refractivity contribution in [2.24, 2.45) is 0 Å². The lowest BCUT2D eigenvalue weighted by atomic mass is 10.1. The second kappa shape index (κ2) is 9.38. The molecule has 7 nitrogen and oxygen atoms in total. The first-order chi connectivity index (χ1) is 14.2. The van der Waals surface area contributed by atoms with Gasteiger partial charge in [-0.15, -0.1) is 11.3 Å². The molecule has 0 fully saturated rings. The zero-order valence-electron chi connectivity index (χ0n) is 16.5. The molecule has 0 aliphatic heterocycles. The number of thiophene rings is 1. The van der Waals surface area contributed by atoms with Crippen molar-refractivity contribution in [3.05, 3.63) is 63.8 Å². The van der Waals surface area contributed by atoms with Crippen LogP contribution >= 0.6 is 11.3 Å². The Morgan fingerprint density at radius 1 is 1.03 bits per heavy atom. The SMILES string of the molecule is COc1ccc2cc(C(=O)OCC(=O)c3ccc(CCNS(C)(=O)=O)s3)ccc2c1. The maximum Gasteiger partial charge on any atom is 0.338 e. The lowest BCUT2D eigenvalue weighted by Gasteiger charge is -2.06. The number of sulfonamides is 1. The molecule has 0 saturated heterocycles. The van der Waals surface area contributed by atoms with Crippen molar-refractivity contribution in [1.82, 2.24) is 4.72 Å². The number of ketones is 1. The fourth-order valence-electron chi connectivity index (χ4n) is 2.79. The van der Waals surface area contributed by atoms with Gasteiger partial charge in [-0.05, 0) is 53.6 Å². The summed E-state index contributed by atoms with van der Waals surface area (Å²) in [6.45, 7) is -0.100. The van der Waals surface area contributed by atoms with E-state index >= 15 is 0 Å². The van der Waals surface area contributed by atoms with Gasteiger partial charge in [-0.3, -0.25) is 4.79 Å². The Balaban J connectivity index is 1.56. The Bertz CT molecular complexity index is 1180. The first kappa shape index (κ1) is 21.9. The summed E-state index contributed by atoms with van der Waals surface area (Å²) >= 11 is 1.26. The molecule has 9 heteroatoms. The molecule has 0 atom stereocenters. The Kier molecular flexibility index (Phi) is 6.86. The first-order valence-corrected chi connectivity index (χ1v) is 11.8. The Morgan fingerprint density at radius 2 is 1.77 bits per heavy atom. The molecule has 0 spiro atoms. The molecule has 1 heterocycles. The van der Waals surface area contributed by atoms with E-state index in [1.165, 1.54) is 11.3 Å². The fourth-order valence-corrected chi connectivity index (χ4v) is 4.19. The van der Waals surface area contributed by atoms with Gasteiger partial charge < -0.3 is 9.47 Å². The van der Waals surface area contributed by atoms with E-state index in [0.717, 1.165) is 27.7 Å². The highest BCUT2D eigenvalue weighted by atomic mass is 32.2. The normalized spacial score (nSPS) is 11.4. The molecule has 1 N–H and O–H groups in total. The number of carbonyl (C=O) groups is 2. The van der Waals surface area contributed by atoms with Crippen molar-refractivity contribution in [2.75, 3.05) is 26.5 Å². The van der Waals surface area contributed by atoms with Gasteiger partial charge in [-0.1, -0.05) is 12.1 Å². The van der Waals surface area contributed by atoms with Crippen molar-refractivity contribution in [1.29, 1.82) is 0 Å². The molecule has 0 radical (unpaired) electrons. The molecule has 0 amide bonds. The average molecular weight is 448 g/mol. The zero-order valence-corrected chi connectivity index (χ0v) is 18.1. The molecule has 0 unspecified atom stereocenters. The standard InChI is InChI=1S/C21H21NO6S2/c1-27-17-6-5-14-11-16(4-3-15(14)12-17)21(24)28-13-19(23)20-8-7-18(29-20)9-10-22-30(2,25)26/h3-8,11-12,22H,9-10,13H2,1-2H3. The third-order valence-corrected chi connectivity index (χ3v) is 6.20. The zero-order chi connectivity index (χ0) is 21.7. The molecule has 3 aromatic rings. The Hall–Kier alpha value is -2.75. The monoisotopic (exact) mass is 447 g/mol.